The number of hydrogen-bond acceptors (Lipinski definition) is 30. The number of ether oxygens (including phenoxy) is 8. The van der Waals surface area contributed by atoms with E-state index in [9.17, 15) is 109 Å². The van der Waals surface area contributed by atoms with Crippen molar-refractivity contribution in [3.8, 4) is 0 Å². The molecule has 0 aliphatic carbocycles. The van der Waals surface area contributed by atoms with E-state index in [-0.39, 0.29) is 0 Å². The first-order valence-corrected chi connectivity index (χ1v) is 26.5. The van der Waals surface area contributed by atoms with Crippen LogP contribution in [0.3, 0.4) is 0 Å². The number of hydrogen-bond donors (Lipinski definition) is 14. The molecule has 5 fully saturated rings. The first kappa shape index (κ1) is 58.1. The molecule has 404 valence electrons. The highest BCUT2D eigenvalue weighted by Gasteiger charge is 2.60. The van der Waals surface area contributed by atoms with Gasteiger partial charge in [-0.3, -0.25) is 27.3 Å². The highest BCUT2D eigenvalue weighted by atomic mass is 32.3. The molecular weight excluding hydrogens is 1100 g/mol. The number of carbonyl (C=O) groups is 1. The van der Waals surface area contributed by atoms with E-state index in [2.05, 4.69) is 16.7 Å². The minimum atomic E-state index is -5.98. The Balaban J connectivity index is 1.52. The van der Waals surface area contributed by atoms with Crippen molar-refractivity contribution in [2.45, 2.75) is 123 Å². The second-order valence-electron chi connectivity index (χ2n) is 14.6. The number of fused-ring (bicyclic) bond motifs is 2. The summed E-state index contributed by atoms with van der Waals surface area (Å²) in [5.41, 5.74) is 0. The molecule has 0 spiro atoms. The molecule has 5 aliphatic rings. The number of aliphatic carboxylic acids is 1. The summed E-state index contributed by atoms with van der Waals surface area (Å²) < 4.78 is 260. The zero-order valence-electron chi connectivity index (χ0n) is 33.2. The maximum absolute atomic E-state index is 12.7. The van der Waals surface area contributed by atoms with Gasteiger partial charge in [0.1, 0.15) is 79.2 Å². The minimum absolute atomic E-state index is 0.591. The lowest BCUT2D eigenvalue weighted by Crippen LogP contribution is -2.70. The van der Waals surface area contributed by atoms with Crippen LogP contribution in [0.2, 0.25) is 0 Å². The van der Waals surface area contributed by atoms with Gasteiger partial charge in [-0.1, -0.05) is 0 Å². The number of carboxylic acid groups (broad SMARTS) is 1. The van der Waals surface area contributed by atoms with E-state index in [0.29, 0.717) is 0 Å². The second kappa shape index (κ2) is 21.6. The van der Waals surface area contributed by atoms with Gasteiger partial charge in [0.25, 0.3) is 0 Å². The van der Waals surface area contributed by atoms with Crippen LogP contribution in [0.4, 0.5) is 0 Å². The lowest BCUT2D eigenvalue weighted by Gasteiger charge is -2.49. The number of nitrogens with one attached hydrogen (secondary N) is 2. The average molecular weight is 1140 g/mol. The number of aliphatic hydroxyl groups is 5. The summed E-state index contributed by atoms with van der Waals surface area (Å²) >= 11 is 0. The molecule has 5 heterocycles. The van der Waals surface area contributed by atoms with E-state index in [1.807, 2.05) is 0 Å². The van der Waals surface area contributed by atoms with Crippen LogP contribution in [0.15, 0.2) is 0 Å². The van der Waals surface area contributed by atoms with Crippen molar-refractivity contribution in [1.82, 2.24) is 9.44 Å². The molecule has 14 N–H and O–H groups in total. The highest BCUT2D eigenvalue weighted by molar-refractivity contribution is 7.84. The third-order valence-corrected chi connectivity index (χ3v) is 12.8. The zero-order chi connectivity index (χ0) is 52.1. The molecule has 39 nitrogen and oxygen atoms in total. The van der Waals surface area contributed by atoms with E-state index < -0.39 is 211 Å². The van der Waals surface area contributed by atoms with E-state index in [1.165, 1.54) is 9.44 Å². The third kappa shape index (κ3) is 15.8. The Bertz CT molecular complexity index is 2510. The second-order valence-corrected chi connectivity index (χ2v) is 21.3. The van der Waals surface area contributed by atoms with Crippen LogP contribution in [0.1, 0.15) is 0 Å². The smallest absolute Gasteiger partial charge is 0.397 e. The minimum Gasteiger partial charge on any atom is -0.479 e. The molecule has 0 saturated carbocycles. The van der Waals surface area contributed by atoms with Crippen molar-refractivity contribution in [3.05, 3.63) is 0 Å². The van der Waals surface area contributed by atoms with Crippen LogP contribution in [0, 0.1) is 0 Å². The van der Waals surface area contributed by atoms with Crippen LogP contribution in [0.5, 0.6) is 0 Å². The summed E-state index contributed by atoms with van der Waals surface area (Å²) in [7, 11) is -33.5. The number of aliphatic hydroxyl groups excluding tert-OH is 5. The summed E-state index contributed by atoms with van der Waals surface area (Å²) in [4.78, 5) is 12.7. The molecule has 5 rings (SSSR count). The highest BCUT2D eigenvalue weighted by Crippen LogP contribution is 2.38. The van der Waals surface area contributed by atoms with Gasteiger partial charge in [-0.05, 0) is 0 Å². The first-order valence-electron chi connectivity index (χ1n) is 18.2. The van der Waals surface area contributed by atoms with Crippen molar-refractivity contribution in [1.29, 1.82) is 0 Å². The predicted molar refractivity (Wildman–Crippen MR) is 198 cm³/mol. The van der Waals surface area contributed by atoms with Crippen LogP contribution >= 0.6 is 0 Å². The Labute approximate surface area is 386 Å². The Morgan fingerprint density at radius 2 is 0.942 bits per heavy atom. The molecule has 5 aliphatic heterocycles. The van der Waals surface area contributed by atoms with Crippen molar-refractivity contribution in [2.75, 3.05) is 19.8 Å². The lowest BCUT2D eigenvalue weighted by molar-refractivity contribution is -0.364. The van der Waals surface area contributed by atoms with Crippen LogP contribution in [-0.4, -0.2) is 257 Å². The van der Waals surface area contributed by atoms with E-state index in [4.69, 9.17) is 42.4 Å². The van der Waals surface area contributed by atoms with Crippen LogP contribution in [-0.2, 0) is 122 Å². The van der Waals surface area contributed by atoms with Gasteiger partial charge in [0, 0.05) is 0 Å². The molecule has 0 unspecified atom stereocenters. The fourth-order valence-electron chi connectivity index (χ4n) is 7.18. The Morgan fingerprint density at radius 1 is 0.493 bits per heavy atom. The van der Waals surface area contributed by atoms with Gasteiger partial charge in [0.2, 0.25) is 0 Å². The fourth-order valence-corrected chi connectivity index (χ4v) is 9.95. The van der Waals surface area contributed by atoms with E-state index >= 15 is 0 Å². The maximum atomic E-state index is 12.7. The summed E-state index contributed by atoms with van der Waals surface area (Å²) in [5.74, 6) is -2.31. The van der Waals surface area contributed by atoms with Gasteiger partial charge >= 0.3 is 68.2 Å². The average Bonchev–Trinajstić information content (AvgIpc) is 3.62. The van der Waals surface area contributed by atoms with Gasteiger partial charge < -0.3 is 68.5 Å². The molecule has 69 heavy (non-hydrogen) atoms. The van der Waals surface area contributed by atoms with Crippen molar-refractivity contribution in [2.24, 2.45) is 0 Å². The molecular formula is C24H40N2O37S6. The monoisotopic (exact) mass is 1140 g/mol. The van der Waals surface area contributed by atoms with E-state index in [0.717, 1.165) is 0 Å². The molecule has 0 aromatic carbocycles. The van der Waals surface area contributed by atoms with Crippen LogP contribution < -0.4 is 9.44 Å². The molecule has 0 aromatic rings. The molecule has 0 aromatic heterocycles. The van der Waals surface area contributed by atoms with Crippen molar-refractivity contribution in [3.63, 3.8) is 0 Å². The molecule has 0 radical (unpaired) electrons. The quantitative estimate of drug-likeness (QED) is 0.0475. The summed E-state index contributed by atoms with van der Waals surface area (Å²) in [6.07, 6.45) is -44.8. The predicted octanol–water partition coefficient (Wildman–Crippen LogP) is -10.5. The van der Waals surface area contributed by atoms with Gasteiger partial charge in [0.05, 0.1) is 19.8 Å². The Morgan fingerprint density at radius 3 is 1.43 bits per heavy atom. The standard InChI is InChI=1S/C24H40N2O37S6/c27-9-4(2-53-66(40,41)42)55-21(7(10(9)28)25-64(34,35)36)60-16-13(31)18(63-69(49,50)51)24(61-19(16)20(32)33)59-14-6(3-54-67(43,44)45)56-22(8(11(14)29)26-65(37,38)39)58-15-5-1-52-23(57-5)17(12(15)30)62-68(46,47)48/h4-19,21-31H,1-3H2,(H,32,33)(H,34,35,36)(H,37,38,39)(H,40,41,42)(H,43,44,45)(H,46,47,48)(H,49,50,51)/t4-,5+,6-,7-,8-,9-,10-,11-,12+,13+,14-,15-,16+,17-,18-,19-,21-,22-,23+,24-/m1/s1. The summed E-state index contributed by atoms with van der Waals surface area (Å²) in [6.45, 7) is -3.67. The zero-order valence-corrected chi connectivity index (χ0v) is 38.1. The Hall–Kier alpha value is -1.83. The molecule has 5 saturated heterocycles. The number of carboxylic acids is 1. The first-order chi connectivity index (χ1) is 31.3. The normalized spacial score (nSPS) is 40.6. The van der Waals surface area contributed by atoms with Gasteiger partial charge in [-0.2, -0.15) is 60.0 Å². The van der Waals surface area contributed by atoms with Gasteiger partial charge in [-0.15, -0.1) is 0 Å². The van der Waals surface area contributed by atoms with Gasteiger partial charge in [0.15, 0.2) is 43.5 Å². The SMILES string of the molecule is O=C(O)[C@@H]1O[C@@H](O[C@H]2[C@H](O)[C@@H](NS(=O)(=O)O)[C@@H](O[C@H]3[C@H](O)[C@@H](OS(=O)(=O)O)[C@H]4OC[C@@H]3O4)O[C@@H]2COS(=O)(=O)O)[C@H](OS(=O)(=O)O)[C@@H](O)[C@@H]1O[C@H]1O[C@H](COS(=O)(=O)O)[C@@H](O)[C@H](O)[C@H]1NS(=O)(=O)O. The summed E-state index contributed by atoms with van der Waals surface area (Å²) in [5, 5.41) is 65.4. The molecule has 45 heteroatoms. The fraction of sp³-hybridized carbons (Fsp3) is 0.958. The van der Waals surface area contributed by atoms with Crippen molar-refractivity contribution < 1.29 is 168 Å². The maximum Gasteiger partial charge on any atom is 0.397 e. The van der Waals surface area contributed by atoms with E-state index in [1.54, 1.807) is 0 Å². The topological polar surface area (TPSA) is 599 Å². The van der Waals surface area contributed by atoms with Crippen LogP contribution in [0.25, 0.3) is 0 Å². The Kier molecular flexibility index (Phi) is 18.1. The lowest BCUT2D eigenvalue weighted by atomic mass is 9.94. The summed E-state index contributed by atoms with van der Waals surface area (Å²) in [6, 6.07) is -5.12. The molecule has 2 bridgehead atoms. The largest absolute Gasteiger partial charge is 0.479 e. The number of rotatable bonds is 21. The molecule has 0 amide bonds. The van der Waals surface area contributed by atoms with Crippen molar-refractivity contribution >= 4 is 68.2 Å². The van der Waals surface area contributed by atoms with Gasteiger partial charge in [-0.25, -0.2) is 21.5 Å². The molecule has 20 atom stereocenters. The third-order valence-electron chi connectivity index (χ3n) is 9.85.